The van der Waals surface area contributed by atoms with Crippen LogP contribution in [0.1, 0.15) is 31.1 Å². The van der Waals surface area contributed by atoms with Crippen LogP contribution in [0, 0.1) is 11.2 Å². The zero-order chi connectivity index (χ0) is 19.5. The summed E-state index contributed by atoms with van der Waals surface area (Å²) in [6, 6.07) is 2.96. The third kappa shape index (κ3) is 4.66. The summed E-state index contributed by atoms with van der Waals surface area (Å²) < 4.78 is 50.5. The maximum atomic E-state index is 14.1. The van der Waals surface area contributed by atoms with Crippen molar-refractivity contribution in [3.8, 4) is 0 Å². The Morgan fingerprint density at radius 2 is 1.85 bits per heavy atom. The molecule has 144 valence electrons. The van der Waals surface area contributed by atoms with Crippen molar-refractivity contribution >= 4 is 21.8 Å². The number of halogens is 1. The van der Waals surface area contributed by atoms with Gasteiger partial charge in [-0.25, -0.2) is 17.6 Å². The van der Waals surface area contributed by atoms with Gasteiger partial charge in [0.1, 0.15) is 10.7 Å². The molecule has 1 aromatic carbocycles. The first-order valence-electron chi connectivity index (χ1n) is 8.11. The van der Waals surface area contributed by atoms with Crippen molar-refractivity contribution < 1.29 is 31.9 Å². The monoisotopic (exact) mass is 387 g/mol. The Kier molecular flexibility index (Phi) is 6.15. The number of nitrogens with zero attached hydrogens (tertiary/aromatic N) is 1. The Balaban J connectivity index is 2.21. The summed E-state index contributed by atoms with van der Waals surface area (Å²) >= 11 is 0. The van der Waals surface area contributed by atoms with Gasteiger partial charge in [-0.05, 0) is 18.2 Å². The number of benzene rings is 1. The SMILES string of the molecule is CC(C)(C)C(=O)COC(=O)c1ccc(F)c(S(=O)(=O)N2CCOCC2)c1. The number of carbonyl (C=O) groups is 2. The van der Waals surface area contributed by atoms with E-state index >= 15 is 0 Å². The second-order valence-corrected chi connectivity index (χ2v) is 8.82. The van der Waals surface area contributed by atoms with Crippen LogP contribution >= 0.6 is 0 Å². The zero-order valence-electron chi connectivity index (χ0n) is 15.0. The highest BCUT2D eigenvalue weighted by Gasteiger charge is 2.30. The maximum absolute atomic E-state index is 14.1. The van der Waals surface area contributed by atoms with Gasteiger partial charge in [-0.1, -0.05) is 20.8 Å². The number of rotatable bonds is 5. The van der Waals surface area contributed by atoms with E-state index in [-0.39, 0.29) is 37.6 Å². The lowest BCUT2D eigenvalue weighted by Crippen LogP contribution is -2.41. The number of hydrogen-bond acceptors (Lipinski definition) is 6. The van der Waals surface area contributed by atoms with Crippen LogP contribution in [0.2, 0.25) is 0 Å². The van der Waals surface area contributed by atoms with Gasteiger partial charge in [-0.3, -0.25) is 4.79 Å². The largest absolute Gasteiger partial charge is 0.454 e. The van der Waals surface area contributed by atoms with Gasteiger partial charge in [0.15, 0.2) is 12.4 Å². The second kappa shape index (κ2) is 7.81. The van der Waals surface area contributed by atoms with E-state index in [9.17, 15) is 22.4 Å². The van der Waals surface area contributed by atoms with Crippen LogP contribution in [-0.2, 0) is 24.3 Å². The topological polar surface area (TPSA) is 90.0 Å². The fourth-order valence-corrected chi connectivity index (χ4v) is 3.68. The van der Waals surface area contributed by atoms with Crippen LogP contribution < -0.4 is 0 Å². The summed E-state index contributed by atoms with van der Waals surface area (Å²) in [5.41, 5.74) is -0.812. The fraction of sp³-hybridized carbons (Fsp3) is 0.529. The van der Waals surface area contributed by atoms with Gasteiger partial charge in [-0.2, -0.15) is 4.31 Å². The summed E-state index contributed by atoms with van der Waals surface area (Å²) in [4.78, 5) is 23.4. The highest BCUT2D eigenvalue weighted by atomic mass is 32.2. The minimum absolute atomic E-state index is 0.108. The van der Waals surface area contributed by atoms with Crippen molar-refractivity contribution in [1.29, 1.82) is 0 Å². The first-order valence-corrected chi connectivity index (χ1v) is 9.55. The molecule has 1 aromatic rings. The second-order valence-electron chi connectivity index (χ2n) is 6.91. The summed E-state index contributed by atoms with van der Waals surface area (Å²) in [5, 5.41) is 0. The van der Waals surface area contributed by atoms with E-state index in [1.54, 1.807) is 20.8 Å². The minimum atomic E-state index is -4.10. The van der Waals surface area contributed by atoms with E-state index < -0.39 is 38.7 Å². The standard InChI is InChI=1S/C17H22FNO6S/c1-17(2,3)15(20)11-25-16(21)12-4-5-13(18)14(10-12)26(22,23)19-6-8-24-9-7-19/h4-5,10H,6-9,11H2,1-3H3. The first-order chi connectivity index (χ1) is 12.0. The Hall–Kier alpha value is -1.84. The average Bonchev–Trinajstić information content (AvgIpc) is 2.59. The number of esters is 1. The normalized spacial score (nSPS) is 16.3. The highest BCUT2D eigenvalue weighted by molar-refractivity contribution is 7.89. The first kappa shape index (κ1) is 20.5. The fourth-order valence-electron chi connectivity index (χ4n) is 2.18. The molecule has 0 amide bonds. The molecule has 0 aromatic heterocycles. The predicted molar refractivity (Wildman–Crippen MR) is 90.7 cm³/mol. The van der Waals surface area contributed by atoms with Crippen LogP contribution in [0.15, 0.2) is 23.1 Å². The molecule has 1 saturated heterocycles. The van der Waals surface area contributed by atoms with E-state index in [0.717, 1.165) is 22.5 Å². The number of hydrogen-bond donors (Lipinski definition) is 0. The molecule has 9 heteroatoms. The minimum Gasteiger partial charge on any atom is -0.454 e. The summed E-state index contributed by atoms with van der Waals surface area (Å²) in [6.45, 7) is 5.28. The molecule has 0 atom stereocenters. The molecule has 1 aliphatic heterocycles. The van der Waals surface area contributed by atoms with E-state index in [1.165, 1.54) is 0 Å². The van der Waals surface area contributed by atoms with Crippen LogP contribution in [0.25, 0.3) is 0 Å². The average molecular weight is 387 g/mol. The third-order valence-electron chi connectivity index (χ3n) is 3.93. The molecule has 2 rings (SSSR count). The number of carbonyl (C=O) groups excluding carboxylic acids is 2. The summed E-state index contributed by atoms with van der Waals surface area (Å²) in [5.74, 6) is -2.13. The van der Waals surface area contributed by atoms with Gasteiger partial charge in [0.25, 0.3) is 0 Å². The third-order valence-corrected chi connectivity index (χ3v) is 5.84. The number of ether oxygens (including phenoxy) is 2. The molecule has 1 aliphatic rings. The lowest BCUT2D eigenvalue weighted by atomic mass is 9.91. The molecule has 0 aliphatic carbocycles. The van der Waals surface area contributed by atoms with E-state index in [4.69, 9.17) is 9.47 Å². The Bertz CT molecular complexity index is 794. The van der Waals surface area contributed by atoms with Crippen molar-refractivity contribution in [2.24, 2.45) is 5.41 Å². The number of sulfonamides is 1. The molecule has 0 saturated carbocycles. The molecule has 0 bridgehead atoms. The quantitative estimate of drug-likeness (QED) is 0.713. The zero-order valence-corrected chi connectivity index (χ0v) is 15.8. The van der Waals surface area contributed by atoms with Gasteiger partial charge in [0.05, 0.1) is 18.8 Å². The van der Waals surface area contributed by atoms with Crippen molar-refractivity contribution in [3.63, 3.8) is 0 Å². The maximum Gasteiger partial charge on any atom is 0.338 e. The molecular formula is C17H22FNO6S. The van der Waals surface area contributed by atoms with Crippen molar-refractivity contribution in [2.75, 3.05) is 32.9 Å². The van der Waals surface area contributed by atoms with E-state index in [0.29, 0.717) is 0 Å². The lowest BCUT2D eigenvalue weighted by Gasteiger charge is -2.26. The summed E-state index contributed by atoms with van der Waals surface area (Å²) in [6.07, 6.45) is 0. The van der Waals surface area contributed by atoms with E-state index in [2.05, 4.69) is 0 Å². The molecule has 1 heterocycles. The molecule has 0 unspecified atom stereocenters. The van der Waals surface area contributed by atoms with Crippen molar-refractivity contribution in [2.45, 2.75) is 25.7 Å². The molecule has 0 spiro atoms. The number of Topliss-reactive ketones (excluding diaryl/α,β-unsaturated/α-hetero) is 1. The molecule has 26 heavy (non-hydrogen) atoms. The van der Waals surface area contributed by atoms with E-state index in [1.807, 2.05) is 0 Å². The Labute approximate surface area is 152 Å². The number of morpholine rings is 1. The molecule has 0 radical (unpaired) electrons. The Morgan fingerprint density at radius 3 is 2.42 bits per heavy atom. The number of ketones is 1. The summed E-state index contributed by atoms with van der Waals surface area (Å²) in [7, 11) is -4.10. The lowest BCUT2D eigenvalue weighted by molar-refractivity contribution is -0.129. The van der Waals surface area contributed by atoms with Gasteiger partial charge in [0.2, 0.25) is 10.0 Å². The van der Waals surface area contributed by atoms with Gasteiger partial charge < -0.3 is 9.47 Å². The van der Waals surface area contributed by atoms with Gasteiger partial charge in [0, 0.05) is 18.5 Å². The van der Waals surface area contributed by atoms with Crippen molar-refractivity contribution in [1.82, 2.24) is 4.31 Å². The molecule has 7 nitrogen and oxygen atoms in total. The predicted octanol–water partition coefficient (Wildman–Crippen LogP) is 1.62. The van der Waals surface area contributed by atoms with Gasteiger partial charge in [-0.15, -0.1) is 0 Å². The van der Waals surface area contributed by atoms with Crippen LogP contribution in [0.5, 0.6) is 0 Å². The van der Waals surface area contributed by atoms with Crippen LogP contribution in [0.3, 0.4) is 0 Å². The van der Waals surface area contributed by atoms with Gasteiger partial charge >= 0.3 is 5.97 Å². The molecular weight excluding hydrogens is 365 g/mol. The van der Waals surface area contributed by atoms with Crippen LogP contribution in [0.4, 0.5) is 4.39 Å². The Morgan fingerprint density at radius 1 is 1.23 bits per heavy atom. The molecule has 0 N–H and O–H groups in total. The van der Waals surface area contributed by atoms with Crippen molar-refractivity contribution in [3.05, 3.63) is 29.6 Å². The smallest absolute Gasteiger partial charge is 0.338 e. The van der Waals surface area contributed by atoms with Crippen LogP contribution in [-0.4, -0.2) is 57.4 Å². The molecule has 1 fully saturated rings. The highest BCUT2D eigenvalue weighted by Crippen LogP contribution is 2.22.